The Labute approximate surface area is 124 Å². The van der Waals surface area contributed by atoms with Crippen molar-refractivity contribution in [3.63, 3.8) is 0 Å². The highest BCUT2D eigenvalue weighted by Crippen LogP contribution is 2.12. The van der Waals surface area contributed by atoms with Gasteiger partial charge in [-0.1, -0.05) is 52.7 Å². The molecule has 0 aliphatic heterocycles. The fraction of sp³-hybridized carbons (Fsp3) is 0.647. The molecule has 1 N–H and O–H groups in total. The molecule has 0 fully saturated rings. The number of nitrogens with zero attached hydrogens (tertiary/aromatic N) is 1. The number of nitrogens with one attached hydrogen (secondary N) is 1. The summed E-state index contributed by atoms with van der Waals surface area (Å²) in [4.78, 5) is 16.4. The van der Waals surface area contributed by atoms with E-state index in [-0.39, 0.29) is 5.91 Å². The van der Waals surface area contributed by atoms with E-state index in [2.05, 4.69) is 30.7 Å². The Kier molecular flexibility index (Phi) is 9.69. The summed E-state index contributed by atoms with van der Waals surface area (Å²) < 4.78 is 0. The maximum absolute atomic E-state index is 12.0. The van der Waals surface area contributed by atoms with Gasteiger partial charge in [0, 0.05) is 12.1 Å². The van der Waals surface area contributed by atoms with E-state index in [4.69, 9.17) is 0 Å². The van der Waals surface area contributed by atoms with Crippen LogP contribution in [0.4, 0.5) is 0 Å². The number of allylic oxidation sites excluding steroid dienone is 3. The van der Waals surface area contributed by atoms with Crippen molar-refractivity contribution >= 4 is 11.6 Å². The molecule has 3 heteroatoms. The third kappa shape index (κ3) is 7.93. The Hall–Kier alpha value is -1.38. The molecule has 3 nitrogen and oxygen atoms in total. The Morgan fingerprint density at radius 2 is 2.05 bits per heavy atom. The van der Waals surface area contributed by atoms with Crippen LogP contribution in [0.1, 0.15) is 66.7 Å². The molecule has 20 heavy (non-hydrogen) atoms. The number of hydrogen-bond donors (Lipinski definition) is 1. The van der Waals surface area contributed by atoms with Crippen LogP contribution in [-0.2, 0) is 4.79 Å². The quantitative estimate of drug-likeness (QED) is 0.615. The first-order valence-electron chi connectivity index (χ1n) is 7.64. The van der Waals surface area contributed by atoms with Crippen molar-refractivity contribution in [3.05, 3.63) is 24.0 Å². The van der Waals surface area contributed by atoms with Crippen molar-refractivity contribution in [2.24, 2.45) is 10.9 Å². The predicted octanol–water partition coefficient (Wildman–Crippen LogP) is 4.61. The number of rotatable bonds is 9. The van der Waals surface area contributed by atoms with Crippen molar-refractivity contribution in [2.75, 3.05) is 0 Å². The van der Waals surface area contributed by atoms with E-state index in [0.29, 0.717) is 12.3 Å². The topological polar surface area (TPSA) is 41.5 Å². The largest absolute Gasteiger partial charge is 0.325 e. The molecule has 0 aliphatic rings. The lowest BCUT2D eigenvalue weighted by molar-refractivity contribution is -0.121. The van der Waals surface area contributed by atoms with Crippen molar-refractivity contribution in [1.82, 2.24) is 5.32 Å². The SMILES string of the molecule is C=C(CC)/N=C(C)\C(=C/C)NC(=O)C[C@@H](C)CCCC. The van der Waals surface area contributed by atoms with Crippen LogP contribution in [0.15, 0.2) is 29.0 Å². The van der Waals surface area contributed by atoms with Gasteiger partial charge in [0.1, 0.15) is 0 Å². The second kappa shape index (κ2) is 10.4. The first-order valence-corrected chi connectivity index (χ1v) is 7.64. The first-order chi connectivity index (χ1) is 9.44. The average Bonchev–Trinajstić information content (AvgIpc) is 2.41. The summed E-state index contributed by atoms with van der Waals surface area (Å²) in [6.07, 6.45) is 6.74. The third-order valence-corrected chi connectivity index (χ3v) is 3.27. The van der Waals surface area contributed by atoms with Gasteiger partial charge in [0.2, 0.25) is 5.91 Å². The Bertz CT molecular complexity index is 380. The number of unbranched alkanes of at least 4 members (excludes halogenated alkanes) is 1. The maximum atomic E-state index is 12.0. The summed E-state index contributed by atoms with van der Waals surface area (Å²) in [5.74, 6) is 0.495. The second-order valence-corrected chi connectivity index (χ2v) is 5.32. The van der Waals surface area contributed by atoms with E-state index in [1.807, 2.05) is 26.8 Å². The van der Waals surface area contributed by atoms with Gasteiger partial charge in [0.15, 0.2) is 0 Å². The van der Waals surface area contributed by atoms with E-state index in [0.717, 1.165) is 29.9 Å². The maximum Gasteiger partial charge on any atom is 0.224 e. The number of carbonyl (C=O) groups is 1. The summed E-state index contributed by atoms with van der Waals surface area (Å²) in [5.41, 5.74) is 2.42. The van der Waals surface area contributed by atoms with Gasteiger partial charge in [-0.2, -0.15) is 0 Å². The lowest BCUT2D eigenvalue weighted by Crippen LogP contribution is -2.27. The first kappa shape index (κ1) is 18.6. The van der Waals surface area contributed by atoms with Gasteiger partial charge in [-0.15, -0.1) is 0 Å². The molecule has 0 rings (SSSR count). The minimum Gasteiger partial charge on any atom is -0.325 e. The molecule has 1 amide bonds. The van der Waals surface area contributed by atoms with E-state index < -0.39 is 0 Å². The molecule has 0 aliphatic carbocycles. The highest BCUT2D eigenvalue weighted by Gasteiger charge is 2.11. The Morgan fingerprint density at radius 1 is 1.40 bits per heavy atom. The zero-order chi connectivity index (χ0) is 15.5. The number of hydrogen-bond acceptors (Lipinski definition) is 2. The molecule has 0 heterocycles. The number of aliphatic imine (C=N–C) groups is 1. The smallest absolute Gasteiger partial charge is 0.224 e. The average molecular weight is 278 g/mol. The number of carbonyl (C=O) groups excluding carboxylic acids is 1. The van der Waals surface area contributed by atoms with Crippen LogP contribution in [0.5, 0.6) is 0 Å². The highest BCUT2D eigenvalue weighted by molar-refractivity contribution is 6.01. The standard InChI is InChI=1S/C17H30N2O/c1-7-10-11-13(4)12-17(20)19-16(9-3)15(6)18-14(5)8-2/h9,13H,5,7-8,10-12H2,1-4,6H3,(H,19,20)/b16-9+,18-15-/t13-/m0/s1. The zero-order valence-corrected chi connectivity index (χ0v) is 13.8. The van der Waals surface area contributed by atoms with Crippen LogP contribution in [0.2, 0.25) is 0 Å². The molecule has 0 aromatic heterocycles. The van der Waals surface area contributed by atoms with Crippen LogP contribution in [-0.4, -0.2) is 11.6 Å². The second-order valence-electron chi connectivity index (χ2n) is 5.32. The summed E-state index contributed by atoms with van der Waals surface area (Å²) in [6, 6.07) is 0. The van der Waals surface area contributed by atoms with Crippen LogP contribution in [0.25, 0.3) is 0 Å². The van der Waals surface area contributed by atoms with E-state index in [1.54, 1.807) is 0 Å². The normalized spacial score (nSPS) is 14.1. The van der Waals surface area contributed by atoms with Crippen LogP contribution in [0, 0.1) is 5.92 Å². The minimum absolute atomic E-state index is 0.0679. The molecule has 0 saturated carbocycles. The molecule has 0 radical (unpaired) electrons. The molecule has 0 aromatic rings. The van der Waals surface area contributed by atoms with E-state index in [1.165, 1.54) is 12.8 Å². The van der Waals surface area contributed by atoms with Crippen LogP contribution >= 0.6 is 0 Å². The van der Waals surface area contributed by atoms with Gasteiger partial charge in [-0.3, -0.25) is 9.79 Å². The van der Waals surface area contributed by atoms with Crippen molar-refractivity contribution in [3.8, 4) is 0 Å². The molecule has 0 aromatic carbocycles. The van der Waals surface area contributed by atoms with Crippen molar-refractivity contribution in [2.45, 2.75) is 66.7 Å². The summed E-state index contributed by atoms with van der Waals surface area (Å²) in [6.45, 7) is 14.0. The van der Waals surface area contributed by atoms with Gasteiger partial charge >= 0.3 is 0 Å². The molecule has 114 valence electrons. The van der Waals surface area contributed by atoms with Crippen molar-refractivity contribution in [1.29, 1.82) is 0 Å². The molecule has 0 spiro atoms. The molecule has 0 saturated heterocycles. The predicted molar refractivity (Wildman–Crippen MR) is 87.7 cm³/mol. The fourth-order valence-electron chi connectivity index (χ4n) is 1.92. The molecular weight excluding hydrogens is 248 g/mol. The lowest BCUT2D eigenvalue weighted by atomic mass is 10.0. The van der Waals surface area contributed by atoms with Crippen LogP contribution in [0.3, 0.4) is 0 Å². The molecule has 1 atom stereocenters. The fourth-order valence-corrected chi connectivity index (χ4v) is 1.92. The molecule has 0 unspecified atom stereocenters. The molecular formula is C17H30N2O. The summed E-state index contributed by atoms with van der Waals surface area (Å²) in [7, 11) is 0. The van der Waals surface area contributed by atoms with Gasteiger partial charge < -0.3 is 5.32 Å². The summed E-state index contributed by atoms with van der Waals surface area (Å²) in [5, 5.41) is 2.95. The lowest BCUT2D eigenvalue weighted by Gasteiger charge is -2.13. The van der Waals surface area contributed by atoms with Gasteiger partial charge in [0.05, 0.1) is 11.4 Å². The van der Waals surface area contributed by atoms with Gasteiger partial charge in [0.25, 0.3) is 0 Å². The zero-order valence-electron chi connectivity index (χ0n) is 13.8. The van der Waals surface area contributed by atoms with Gasteiger partial charge in [-0.05, 0) is 26.2 Å². The number of amides is 1. The van der Waals surface area contributed by atoms with Crippen molar-refractivity contribution < 1.29 is 4.79 Å². The minimum atomic E-state index is 0.0679. The summed E-state index contributed by atoms with van der Waals surface area (Å²) >= 11 is 0. The monoisotopic (exact) mass is 278 g/mol. The highest BCUT2D eigenvalue weighted by atomic mass is 16.1. The van der Waals surface area contributed by atoms with E-state index in [9.17, 15) is 4.79 Å². The Morgan fingerprint density at radius 3 is 2.55 bits per heavy atom. The van der Waals surface area contributed by atoms with Gasteiger partial charge in [-0.25, -0.2) is 0 Å². The molecule has 0 bridgehead atoms. The van der Waals surface area contributed by atoms with Crippen LogP contribution < -0.4 is 5.32 Å². The third-order valence-electron chi connectivity index (χ3n) is 3.27. The van der Waals surface area contributed by atoms with E-state index >= 15 is 0 Å². The Balaban J connectivity index is 4.47.